The average Bonchev–Trinajstić information content (AvgIpc) is 2.37. The van der Waals surface area contributed by atoms with Gasteiger partial charge in [-0.2, -0.15) is 0 Å². The number of ether oxygens (including phenoxy) is 1. The van der Waals surface area contributed by atoms with Crippen LogP contribution in [-0.4, -0.2) is 41.3 Å². The van der Waals surface area contributed by atoms with Gasteiger partial charge in [0.05, 0.1) is 5.60 Å². The second-order valence-corrected chi connectivity index (χ2v) is 5.52. The number of hydrogen-bond donors (Lipinski definition) is 1. The highest BCUT2D eigenvalue weighted by Crippen LogP contribution is 2.23. The Morgan fingerprint density at radius 1 is 1.42 bits per heavy atom. The second-order valence-electron chi connectivity index (χ2n) is 5.09. The van der Waals surface area contributed by atoms with Crippen LogP contribution >= 0.6 is 11.6 Å². The molecule has 104 valence electrons. The topological polar surface area (TPSA) is 49.8 Å². The molecule has 0 aliphatic carbocycles. The molecular formula is C14H18ClNO3. The van der Waals surface area contributed by atoms with Crippen molar-refractivity contribution in [1.29, 1.82) is 0 Å². The quantitative estimate of drug-likeness (QED) is 0.917. The minimum Gasteiger partial charge on any atom is -0.396 e. The van der Waals surface area contributed by atoms with E-state index in [9.17, 15) is 4.79 Å². The van der Waals surface area contributed by atoms with Crippen LogP contribution in [0, 0.1) is 0 Å². The Hall–Kier alpha value is -1.10. The number of rotatable bonds is 4. The molecule has 2 rings (SSSR count). The Balaban J connectivity index is 2.05. The first-order valence-corrected chi connectivity index (χ1v) is 6.67. The zero-order chi connectivity index (χ0) is 13.9. The third-order valence-corrected chi connectivity index (χ3v) is 3.60. The van der Waals surface area contributed by atoms with Gasteiger partial charge in [0, 0.05) is 31.1 Å². The molecule has 5 heteroatoms. The highest BCUT2D eigenvalue weighted by Gasteiger charge is 2.35. The zero-order valence-corrected chi connectivity index (χ0v) is 11.7. The van der Waals surface area contributed by atoms with Crippen LogP contribution in [0.4, 0.5) is 0 Å². The Morgan fingerprint density at radius 2 is 2.11 bits per heavy atom. The lowest BCUT2D eigenvalue weighted by molar-refractivity contribution is -0.164. The predicted octanol–water partition coefficient (Wildman–Crippen LogP) is 1.84. The lowest BCUT2D eigenvalue weighted by atomic mass is 9.99. The Kier molecular flexibility index (Phi) is 4.45. The summed E-state index contributed by atoms with van der Waals surface area (Å²) in [4.78, 5) is 13.6. The number of carbonyl (C=O) groups excluding carboxylic acids is 1. The molecule has 0 bridgehead atoms. The fraction of sp³-hybridized carbons (Fsp3) is 0.500. The van der Waals surface area contributed by atoms with Crippen LogP contribution in [0.25, 0.3) is 0 Å². The highest BCUT2D eigenvalue weighted by atomic mass is 35.5. The van der Waals surface area contributed by atoms with Gasteiger partial charge in [-0.3, -0.25) is 4.79 Å². The van der Waals surface area contributed by atoms with Crippen molar-refractivity contribution < 1.29 is 14.6 Å². The lowest BCUT2D eigenvalue weighted by Gasteiger charge is -2.40. The van der Waals surface area contributed by atoms with E-state index < -0.39 is 5.60 Å². The van der Waals surface area contributed by atoms with Crippen molar-refractivity contribution in [3.8, 4) is 0 Å². The van der Waals surface area contributed by atoms with Gasteiger partial charge in [0.1, 0.15) is 6.61 Å². The smallest absolute Gasteiger partial charge is 0.248 e. The van der Waals surface area contributed by atoms with E-state index >= 15 is 0 Å². The van der Waals surface area contributed by atoms with Crippen molar-refractivity contribution in [2.75, 3.05) is 19.8 Å². The van der Waals surface area contributed by atoms with E-state index in [1.54, 1.807) is 4.90 Å². The molecule has 0 aromatic heterocycles. The molecule has 1 atom stereocenters. The van der Waals surface area contributed by atoms with Crippen LogP contribution in [0.1, 0.15) is 18.9 Å². The molecule has 0 radical (unpaired) electrons. The van der Waals surface area contributed by atoms with Gasteiger partial charge in [-0.15, -0.1) is 0 Å². The molecule has 1 N–H and O–H groups in total. The first-order valence-electron chi connectivity index (χ1n) is 6.29. The van der Waals surface area contributed by atoms with Crippen LogP contribution in [-0.2, 0) is 16.1 Å². The molecule has 1 saturated heterocycles. The van der Waals surface area contributed by atoms with Gasteiger partial charge in [-0.1, -0.05) is 23.7 Å². The largest absolute Gasteiger partial charge is 0.396 e. The SMILES string of the molecule is CC1(CCO)CN(Cc2ccc(Cl)cc2)C(=O)CO1. The molecule has 19 heavy (non-hydrogen) atoms. The molecule has 1 aliphatic rings. The number of nitrogens with zero attached hydrogens (tertiary/aromatic N) is 1. The average molecular weight is 284 g/mol. The van der Waals surface area contributed by atoms with E-state index in [0.717, 1.165) is 5.56 Å². The molecule has 1 amide bonds. The summed E-state index contributed by atoms with van der Waals surface area (Å²) in [5.74, 6) is -0.0228. The van der Waals surface area contributed by atoms with Crippen molar-refractivity contribution in [1.82, 2.24) is 4.90 Å². The number of halogens is 1. The van der Waals surface area contributed by atoms with E-state index in [1.807, 2.05) is 31.2 Å². The van der Waals surface area contributed by atoms with Crippen molar-refractivity contribution in [2.45, 2.75) is 25.5 Å². The molecule has 1 fully saturated rings. The summed E-state index contributed by atoms with van der Waals surface area (Å²) in [6.45, 7) is 3.09. The highest BCUT2D eigenvalue weighted by molar-refractivity contribution is 6.30. The van der Waals surface area contributed by atoms with Gasteiger partial charge in [-0.25, -0.2) is 0 Å². The summed E-state index contributed by atoms with van der Waals surface area (Å²) in [6.07, 6.45) is 0.525. The lowest BCUT2D eigenvalue weighted by Crippen LogP contribution is -2.53. The molecule has 0 saturated carbocycles. The Bertz CT molecular complexity index is 449. The molecule has 1 aromatic carbocycles. The monoisotopic (exact) mass is 283 g/mol. The van der Waals surface area contributed by atoms with Gasteiger partial charge in [-0.05, 0) is 24.6 Å². The molecule has 1 aromatic rings. The van der Waals surface area contributed by atoms with Crippen LogP contribution in [0.5, 0.6) is 0 Å². The maximum atomic E-state index is 11.9. The van der Waals surface area contributed by atoms with E-state index in [1.165, 1.54) is 0 Å². The zero-order valence-electron chi connectivity index (χ0n) is 10.9. The summed E-state index contributed by atoms with van der Waals surface area (Å²) in [5.41, 5.74) is 0.570. The summed E-state index contributed by atoms with van der Waals surface area (Å²) in [5, 5.41) is 9.74. The molecule has 1 unspecified atom stereocenters. The summed E-state index contributed by atoms with van der Waals surface area (Å²) in [7, 11) is 0. The normalized spacial score (nSPS) is 23.7. The number of hydrogen-bond acceptors (Lipinski definition) is 3. The van der Waals surface area contributed by atoms with Crippen LogP contribution in [0.15, 0.2) is 24.3 Å². The number of amides is 1. The van der Waals surface area contributed by atoms with E-state index in [2.05, 4.69) is 0 Å². The van der Waals surface area contributed by atoms with Gasteiger partial charge in [0.25, 0.3) is 0 Å². The van der Waals surface area contributed by atoms with E-state index in [0.29, 0.717) is 24.5 Å². The third kappa shape index (κ3) is 3.69. The maximum absolute atomic E-state index is 11.9. The number of carbonyl (C=O) groups is 1. The van der Waals surface area contributed by atoms with Crippen LogP contribution < -0.4 is 0 Å². The minimum absolute atomic E-state index is 0.0228. The summed E-state index contributed by atoms with van der Waals surface area (Å²) >= 11 is 5.84. The predicted molar refractivity (Wildman–Crippen MR) is 72.9 cm³/mol. The van der Waals surface area contributed by atoms with Gasteiger partial charge >= 0.3 is 0 Å². The van der Waals surface area contributed by atoms with Gasteiger partial charge in [0.2, 0.25) is 5.91 Å². The Morgan fingerprint density at radius 3 is 2.74 bits per heavy atom. The van der Waals surface area contributed by atoms with Crippen LogP contribution in [0.3, 0.4) is 0 Å². The first-order chi connectivity index (χ1) is 9.02. The number of aliphatic hydroxyl groups is 1. The molecule has 1 aliphatic heterocycles. The number of morpholine rings is 1. The Labute approximate surface area is 117 Å². The second kappa shape index (κ2) is 5.90. The van der Waals surface area contributed by atoms with Gasteiger partial charge in [0.15, 0.2) is 0 Å². The third-order valence-electron chi connectivity index (χ3n) is 3.35. The van der Waals surface area contributed by atoms with E-state index in [-0.39, 0.29) is 19.1 Å². The van der Waals surface area contributed by atoms with Crippen molar-refractivity contribution >= 4 is 17.5 Å². The van der Waals surface area contributed by atoms with Crippen molar-refractivity contribution in [3.63, 3.8) is 0 Å². The molecule has 4 nitrogen and oxygen atoms in total. The van der Waals surface area contributed by atoms with Crippen molar-refractivity contribution in [2.24, 2.45) is 0 Å². The molecular weight excluding hydrogens is 266 g/mol. The van der Waals surface area contributed by atoms with Crippen molar-refractivity contribution in [3.05, 3.63) is 34.9 Å². The summed E-state index contributed by atoms with van der Waals surface area (Å²) in [6, 6.07) is 7.45. The first kappa shape index (κ1) is 14.3. The number of aliphatic hydroxyl groups excluding tert-OH is 1. The fourth-order valence-electron chi connectivity index (χ4n) is 2.21. The summed E-state index contributed by atoms with van der Waals surface area (Å²) < 4.78 is 5.53. The van der Waals surface area contributed by atoms with E-state index in [4.69, 9.17) is 21.4 Å². The maximum Gasteiger partial charge on any atom is 0.248 e. The standard InChI is InChI=1S/C14H18ClNO3/c1-14(6-7-17)10-16(13(18)9-19-14)8-11-2-4-12(15)5-3-11/h2-5,17H,6-10H2,1H3. The minimum atomic E-state index is -0.463. The fourth-order valence-corrected chi connectivity index (χ4v) is 2.33. The number of benzene rings is 1. The molecule has 0 spiro atoms. The molecule has 1 heterocycles. The van der Waals surface area contributed by atoms with Crippen LogP contribution in [0.2, 0.25) is 5.02 Å². The van der Waals surface area contributed by atoms with Gasteiger partial charge < -0.3 is 14.7 Å².